The van der Waals surface area contributed by atoms with Crippen LogP contribution in [-0.4, -0.2) is 63.1 Å². The number of aromatic nitrogens is 3. The van der Waals surface area contributed by atoms with Crippen molar-refractivity contribution in [3.8, 4) is 5.69 Å². The molecule has 0 saturated carbocycles. The van der Waals surface area contributed by atoms with Gasteiger partial charge in [0.15, 0.2) is 11.8 Å². The minimum Gasteiger partial charge on any atom is -0.349 e. The Labute approximate surface area is 186 Å². The number of carbonyl (C=O) groups excluding carboxylic acids is 1. The molecule has 0 spiro atoms. The second-order valence-corrected chi connectivity index (χ2v) is 7.65. The highest BCUT2D eigenvalue weighted by Gasteiger charge is 2.26. The van der Waals surface area contributed by atoms with Crippen LogP contribution in [0.15, 0.2) is 65.9 Å². The van der Waals surface area contributed by atoms with Gasteiger partial charge in [0.25, 0.3) is 0 Å². The van der Waals surface area contributed by atoms with Crippen molar-refractivity contribution in [2.24, 2.45) is 4.99 Å². The van der Waals surface area contributed by atoms with Crippen LogP contribution in [0.3, 0.4) is 0 Å². The van der Waals surface area contributed by atoms with Crippen LogP contribution in [0, 0.1) is 0 Å². The van der Waals surface area contributed by atoms with Gasteiger partial charge in [-0.05, 0) is 29.8 Å². The molecular formula is C22H24ClN7O. The smallest absolute Gasteiger partial charge is 0.242 e. The summed E-state index contributed by atoms with van der Waals surface area (Å²) in [5.41, 5.74) is 2.05. The molecule has 0 bridgehead atoms. The Morgan fingerprint density at radius 2 is 1.90 bits per heavy atom. The fourth-order valence-corrected chi connectivity index (χ4v) is 3.67. The molecule has 9 heteroatoms. The largest absolute Gasteiger partial charge is 0.349 e. The van der Waals surface area contributed by atoms with Gasteiger partial charge >= 0.3 is 0 Å². The van der Waals surface area contributed by atoms with Gasteiger partial charge in [-0.1, -0.05) is 41.9 Å². The van der Waals surface area contributed by atoms with Crippen LogP contribution in [0.1, 0.15) is 11.4 Å². The molecule has 1 aliphatic rings. The number of hydrogen-bond donors (Lipinski definition) is 1. The molecule has 1 fully saturated rings. The average Bonchev–Trinajstić information content (AvgIpc) is 3.26. The Morgan fingerprint density at radius 3 is 2.61 bits per heavy atom. The first kappa shape index (κ1) is 20.9. The van der Waals surface area contributed by atoms with Crippen LogP contribution in [0.25, 0.3) is 5.69 Å². The van der Waals surface area contributed by atoms with Gasteiger partial charge in [-0.2, -0.15) is 0 Å². The maximum Gasteiger partial charge on any atom is 0.242 e. The molecule has 0 atom stereocenters. The predicted molar refractivity (Wildman–Crippen MR) is 120 cm³/mol. The van der Waals surface area contributed by atoms with E-state index in [4.69, 9.17) is 11.6 Å². The highest BCUT2D eigenvalue weighted by molar-refractivity contribution is 6.30. The summed E-state index contributed by atoms with van der Waals surface area (Å²) in [6.45, 7) is 2.63. The summed E-state index contributed by atoms with van der Waals surface area (Å²) in [5.74, 6) is 1.50. The topological polar surface area (TPSA) is 78.7 Å². The SMILES string of the molecule is CN=C(NCc1nncn1-c1ccccc1)N1CCN(Cc2ccc(Cl)cc2)C(=O)C1. The average molecular weight is 438 g/mol. The summed E-state index contributed by atoms with van der Waals surface area (Å²) in [4.78, 5) is 20.9. The number of guanidine groups is 1. The number of carbonyl (C=O) groups is 1. The van der Waals surface area contributed by atoms with Gasteiger partial charge in [0.2, 0.25) is 5.91 Å². The Bertz CT molecular complexity index is 1050. The van der Waals surface area contributed by atoms with Gasteiger partial charge < -0.3 is 15.1 Å². The summed E-state index contributed by atoms with van der Waals surface area (Å²) < 4.78 is 1.93. The van der Waals surface area contributed by atoms with E-state index in [1.54, 1.807) is 13.4 Å². The van der Waals surface area contributed by atoms with Crippen molar-refractivity contribution in [2.45, 2.75) is 13.1 Å². The minimum absolute atomic E-state index is 0.0663. The number of amides is 1. The summed E-state index contributed by atoms with van der Waals surface area (Å²) in [5, 5.41) is 12.3. The lowest BCUT2D eigenvalue weighted by Gasteiger charge is -2.36. The van der Waals surface area contributed by atoms with Gasteiger partial charge in [-0.3, -0.25) is 14.4 Å². The number of para-hydroxylation sites is 1. The van der Waals surface area contributed by atoms with E-state index in [1.165, 1.54) is 0 Å². The van der Waals surface area contributed by atoms with Gasteiger partial charge in [0, 0.05) is 37.4 Å². The zero-order valence-electron chi connectivity index (χ0n) is 17.3. The molecule has 1 aromatic heterocycles. The molecule has 3 aromatic rings. The Morgan fingerprint density at radius 1 is 1.13 bits per heavy atom. The van der Waals surface area contributed by atoms with E-state index in [2.05, 4.69) is 20.5 Å². The van der Waals surface area contributed by atoms with Crippen molar-refractivity contribution in [1.29, 1.82) is 0 Å². The molecule has 31 heavy (non-hydrogen) atoms. The molecule has 1 aliphatic heterocycles. The van der Waals surface area contributed by atoms with Gasteiger partial charge in [0.1, 0.15) is 6.33 Å². The number of hydrogen-bond acceptors (Lipinski definition) is 4. The van der Waals surface area contributed by atoms with Crippen molar-refractivity contribution in [3.05, 3.63) is 77.3 Å². The number of piperazine rings is 1. The third-order valence-corrected chi connectivity index (χ3v) is 5.43. The van der Waals surface area contributed by atoms with Crippen LogP contribution in [-0.2, 0) is 17.9 Å². The first-order valence-electron chi connectivity index (χ1n) is 10.1. The second kappa shape index (κ2) is 9.61. The first-order chi connectivity index (χ1) is 15.1. The molecule has 1 saturated heterocycles. The number of rotatable bonds is 5. The molecule has 2 heterocycles. The normalized spacial score (nSPS) is 14.8. The highest BCUT2D eigenvalue weighted by atomic mass is 35.5. The van der Waals surface area contributed by atoms with E-state index in [1.807, 2.05) is 69.0 Å². The second-order valence-electron chi connectivity index (χ2n) is 7.22. The van der Waals surface area contributed by atoms with Crippen molar-refractivity contribution < 1.29 is 4.79 Å². The van der Waals surface area contributed by atoms with E-state index < -0.39 is 0 Å². The molecular weight excluding hydrogens is 414 g/mol. The number of halogens is 1. The first-order valence-corrected chi connectivity index (χ1v) is 10.4. The molecule has 4 rings (SSSR count). The van der Waals surface area contributed by atoms with Crippen molar-refractivity contribution in [3.63, 3.8) is 0 Å². The van der Waals surface area contributed by atoms with Gasteiger partial charge in [0.05, 0.1) is 13.1 Å². The lowest BCUT2D eigenvalue weighted by molar-refractivity contribution is -0.135. The molecule has 1 N–H and O–H groups in total. The molecule has 0 aliphatic carbocycles. The van der Waals surface area contributed by atoms with E-state index in [9.17, 15) is 4.79 Å². The van der Waals surface area contributed by atoms with Crippen molar-refractivity contribution in [2.75, 3.05) is 26.7 Å². The number of aliphatic imine (C=N–C) groups is 1. The van der Waals surface area contributed by atoms with Crippen molar-refractivity contribution >= 4 is 23.5 Å². The highest BCUT2D eigenvalue weighted by Crippen LogP contribution is 2.14. The van der Waals surface area contributed by atoms with E-state index in [0.29, 0.717) is 37.2 Å². The van der Waals surface area contributed by atoms with Crippen LogP contribution in [0.2, 0.25) is 5.02 Å². The van der Waals surface area contributed by atoms with E-state index >= 15 is 0 Å². The summed E-state index contributed by atoms with van der Waals surface area (Å²) >= 11 is 5.95. The van der Waals surface area contributed by atoms with Crippen LogP contribution >= 0.6 is 11.6 Å². The van der Waals surface area contributed by atoms with Crippen molar-refractivity contribution in [1.82, 2.24) is 29.9 Å². The summed E-state index contributed by atoms with van der Waals surface area (Å²) in [7, 11) is 1.72. The zero-order chi connectivity index (χ0) is 21.6. The fourth-order valence-electron chi connectivity index (χ4n) is 3.54. The molecule has 0 unspecified atom stereocenters. The third kappa shape index (κ3) is 5.03. The molecule has 160 valence electrons. The lowest BCUT2D eigenvalue weighted by Crippen LogP contribution is -2.54. The maximum absolute atomic E-state index is 12.7. The molecule has 1 amide bonds. The molecule has 0 radical (unpaired) electrons. The third-order valence-electron chi connectivity index (χ3n) is 5.17. The Kier molecular flexibility index (Phi) is 6.47. The van der Waals surface area contributed by atoms with Crippen LogP contribution in [0.5, 0.6) is 0 Å². The molecule has 2 aromatic carbocycles. The quantitative estimate of drug-likeness (QED) is 0.489. The summed E-state index contributed by atoms with van der Waals surface area (Å²) in [6, 6.07) is 17.5. The zero-order valence-corrected chi connectivity index (χ0v) is 18.0. The Hall–Kier alpha value is -3.39. The number of nitrogens with one attached hydrogen (secondary N) is 1. The van der Waals surface area contributed by atoms with Gasteiger partial charge in [-0.25, -0.2) is 0 Å². The summed E-state index contributed by atoms with van der Waals surface area (Å²) in [6.07, 6.45) is 1.69. The fraction of sp³-hybridized carbons (Fsp3) is 0.273. The van der Waals surface area contributed by atoms with E-state index in [0.717, 1.165) is 17.1 Å². The van der Waals surface area contributed by atoms with Crippen LogP contribution in [0.4, 0.5) is 0 Å². The maximum atomic E-state index is 12.7. The number of benzene rings is 2. The predicted octanol–water partition coefficient (Wildman–Crippen LogP) is 2.34. The standard InChI is InChI=1S/C22H24ClN7O/c1-24-22(25-13-20-27-26-16-30(20)19-5-3-2-4-6-19)29-12-11-28(21(31)15-29)14-17-7-9-18(23)10-8-17/h2-10,16H,11-15H2,1H3,(H,24,25). The lowest BCUT2D eigenvalue weighted by atomic mass is 10.2. The van der Waals surface area contributed by atoms with Crippen LogP contribution < -0.4 is 5.32 Å². The van der Waals surface area contributed by atoms with Gasteiger partial charge in [-0.15, -0.1) is 10.2 Å². The Balaban J connectivity index is 1.35. The molecule has 8 nitrogen and oxygen atoms in total. The minimum atomic E-state index is 0.0663. The monoisotopic (exact) mass is 437 g/mol. The van der Waals surface area contributed by atoms with E-state index in [-0.39, 0.29) is 12.5 Å². The number of nitrogens with zero attached hydrogens (tertiary/aromatic N) is 6.